The lowest BCUT2D eigenvalue weighted by Crippen LogP contribution is -2.10. The predicted molar refractivity (Wildman–Crippen MR) is 108 cm³/mol. The SMILES string of the molecule is CC(C)c1ccccc1NC(=O)/C=C/c1cc(-c2ccccc2)cs1. The molecule has 2 nitrogen and oxygen atoms in total. The number of benzene rings is 2. The van der Waals surface area contributed by atoms with Gasteiger partial charge in [-0.05, 0) is 46.2 Å². The average molecular weight is 347 g/mol. The molecule has 0 atom stereocenters. The third kappa shape index (κ3) is 4.46. The highest BCUT2D eigenvalue weighted by Gasteiger charge is 2.07. The first kappa shape index (κ1) is 17.2. The molecule has 0 fully saturated rings. The van der Waals surface area contributed by atoms with Crippen molar-refractivity contribution in [2.24, 2.45) is 0 Å². The normalized spacial score (nSPS) is 11.2. The Morgan fingerprint density at radius 2 is 1.72 bits per heavy atom. The molecule has 1 heterocycles. The summed E-state index contributed by atoms with van der Waals surface area (Å²) in [5, 5.41) is 5.09. The first-order chi connectivity index (χ1) is 12.1. The molecule has 0 radical (unpaired) electrons. The van der Waals surface area contributed by atoms with Gasteiger partial charge in [0.25, 0.3) is 0 Å². The number of carbonyl (C=O) groups is 1. The van der Waals surface area contributed by atoms with E-state index in [0.717, 1.165) is 16.1 Å². The largest absolute Gasteiger partial charge is 0.322 e. The van der Waals surface area contributed by atoms with Gasteiger partial charge in [0.15, 0.2) is 0 Å². The highest BCUT2D eigenvalue weighted by atomic mass is 32.1. The fourth-order valence-corrected chi connectivity index (χ4v) is 3.48. The lowest BCUT2D eigenvalue weighted by atomic mass is 10.0. The fourth-order valence-electron chi connectivity index (χ4n) is 2.67. The molecule has 25 heavy (non-hydrogen) atoms. The zero-order valence-corrected chi connectivity index (χ0v) is 15.2. The van der Waals surface area contributed by atoms with Crippen LogP contribution in [0.3, 0.4) is 0 Å². The van der Waals surface area contributed by atoms with E-state index in [0.29, 0.717) is 5.92 Å². The number of carbonyl (C=O) groups excluding carboxylic acids is 1. The summed E-state index contributed by atoms with van der Waals surface area (Å²) in [5.41, 5.74) is 4.39. The Balaban J connectivity index is 1.69. The monoisotopic (exact) mass is 347 g/mol. The van der Waals surface area contributed by atoms with Crippen molar-refractivity contribution < 1.29 is 4.79 Å². The highest BCUT2D eigenvalue weighted by molar-refractivity contribution is 7.11. The van der Waals surface area contributed by atoms with Crippen molar-refractivity contribution in [1.82, 2.24) is 0 Å². The number of nitrogens with one attached hydrogen (secondary N) is 1. The summed E-state index contributed by atoms with van der Waals surface area (Å²) in [5.74, 6) is 0.258. The molecule has 0 aliphatic heterocycles. The van der Waals surface area contributed by atoms with E-state index in [1.54, 1.807) is 17.4 Å². The molecular weight excluding hydrogens is 326 g/mol. The molecule has 2 aromatic carbocycles. The van der Waals surface area contributed by atoms with Crippen molar-refractivity contribution in [1.29, 1.82) is 0 Å². The van der Waals surface area contributed by atoms with Gasteiger partial charge in [0, 0.05) is 16.6 Å². The molecule has 0 unspecified atom stereocenters. The van der Waals surface area contributed by atoms with Gasteiger partial charge < -0.3 is 5.32 Å². The van der Waals surface area contributed by atoms with E-state index in [9.17, 15) is 4.79 Å². The van der Waals surface area contributed by atoms with Crippen LogP contribution in [0.5, 0.6) is 0 Å². The van der Waals surface area contributed by atoms with E-state index >= 15 is 0 Å². The molecule has 0 aliphatic rings. The summed E-state index contributed by atoms with van der Waals surface area (Å²) in [7, 11) is 0. The molecule has 0 aliphatic carbocycles. The van der Waals surface area contributed by atoms with Gasteiger partial charge in [0.2, 0.25) is 5.91 Å². The standard InChI is InChI=1S/C22H21NOS/c1-16(2)20-10-6-7-11-21(20)23-22(24)13-12-19-14-18(15-25-19)17-8-4-3-5-9-17/h3-16H,1-2H3,(H,23,24)/b13-12+. The number of amides is 1. The Morgan fingerprint density at radius 3 is 2.48 bits per heavy atom. The second-order valence-electron chi connectivity index (χ2n) is 6.17. The minimum atomic E-state index is -0.109. The molecule has 1 amide bonds. The molecule has 3 aromatic rings. The first-order valence-electron chi connectivity index (χ1n) is 8.35. The quantitative estimate of drug-likeness (QED) is 0.548. The summed E-state index contributed by atoms with van der Waals surface area (Å²) >= 11 is 1.63. The molecule has 0 saturated heterocycles. The van der Waals surface area contributed by atoms with Gasteiger partial charge >= 0.3 is 0 Å². The van der Waals surface area contributed by atoms with Crippen LogP contribution in [0.2, 0.25) is 0 Å². The maximum absolute atomic E-state index is 12.2. The zero-order valence-electron chi connectivity index (χ0n) is 14.4. The van der Waals surface area contributed by atoms with Crippen molar-refractivity contribution in [3.63, 3.8) is 0 Å². The van der Waals surface area contributed by atoms with Gasteiger partial charge in [-0.1, -0.05) is 62.4 Å². The van der Waals surface area contributed by atoms with Gasteiger partial charge in [-0.15, -0.1) is 11.3 Å². The van der Waals surface area contributed by atoms with Crippen molar-refractivity contribution in [3.05, 3.63) is 82.6 Å². The third-order valence-electron chi connectivity index (χ3n) is 3.97. The molecule has 3 heteroatoms. The average Bonchev–Trinajstić information content (AvgIpc) is 3.10. The Bertz CT molecular complexity index is 878. The summed E-state index contributed by atoms with van der Waals surface area (Å²) in [6.07, 6.45) is 3.46. The van der Waals surface area contributed by atoms with Crippen molar-refractivity contribution in [2.45, 2.75) is 19.8 Å². The molecule has 1 N–H and O–H groups in total. The van der Waals surface area contributed by atoms with E-state index in [1.165, 1.54) is 11.1 Å². The number of thiophene rings is 1. The summed E-state index contributed by atoms with van der Waals surface area (Å²) in [6, 6.07) is 20.3. The topological polar surface area (TPSA) is 29.1 Å². The fraction of sp³-hybridized carbons (Fsp3) is 0.136. The van der Waals surface area contributed by atoms with E-state index in [4.69, 9.17) is 0 Å². The molecule has 126 valence electrons. The minimum absolute atomic E-state index is 0.109. The second kappa shape index (κ2) is 7.95. The van der Waals surface area contributed by atoms with E-state index < -0.39 is 0 Å². The smallest absolute Gasteiger partial charge is 0.248 e. The first-order valence-corrected chi connectivity index (χ1v) is 9.23. The van der Waals surface area contributed by atoms with Crippen LogP contribution in [0, 0.1) is 0 Å². The van der Waals surface area contributed by atoms with Crippen LogP contribution in [0.15, 0.2) is 72.1 Å². The Labute approximate surface area is 152 Å². The van der Waals surface area contributed by atoms with Gasteiger partial charge in [-0.3, -0.25) is 4.79 Å². The van der Waals surface area contributed by atoms with Crippen LogP contribution < -0.4 is 5.32 Å². The maximum atomic E-state index is 12.2. The number of rotatable bonds is 5. The van der Waals surface area contributed by atoms with E-state index in [-0.39, 0.29) is 5.91 Å². The second-order valence-corrected chi connectivity index (χ2v) is 7.11. The van der Waals surface area contributed by atoms with Crippen LogP contribution in [-0.2, 0) is 4.79 Å². The lowest BCUT2D eigenvalue weighted by molar-refractivity contribution is -0.111. The van der Waals surface area contributed by atoms with Crippen molar-refractivity contribution in [2.75, 3.05) is 5.32 Å². The number of para-hydroxylation sites is 1. The Hall–Kier alpha value is -2.65. The van der Waals surface area contributed by atoms with Gasteiger partial charge in [0.05, 0.1) is 0 Å². The molecule has 1 aromatic heterocycles. The maximum Gasteiger partial charge on any atom is 0.248 e. The summed E-state index contributed by atoms with van der Waals surface area (Å²) in [6.45, 7) is 4.25. The van der Waals surface area contributed by atoms with Crippen LogP contribution in [-0.4, -0.2) is 5.91 Å². The number of hydrogen-bond donors (Lipinski definition) is 1. The van der Waals surface area contributed by atoms with E-state index in [1.807, 2.05) is 42.5 Å². The van der Waals surface area contributed by atoms with Crippen LogP contribution in [0.25, 0.3) is 17.2 Å². The van der Waals surface area contributed by atoms with Gasteiger partial charge in [-0.25, -0.2) is 0 Å². The highest BCUT2D eigenvalue weighted by Crippen LogP contribution is 2.26. The molecule has 0 spiro atoms. The zero-order chi connectivity index (χ0) is 17.6. The van der Waals surface area contributed by atoms with Crippen LogP contribution in [0.4, 0.5) is 5.69 Å². The minimum Gasteiger partial charge on any atom is -0.322 e. The molecule has 3 rings (SSSR count). The van der Waals surface area contributed by atoms with Gasteiger partial charge in [0.1, 0.15) is 0 Å². The van der Waals surface area contributed by atoms with Crippen molar-refractivity contribution >= 4 is 29.0 Å². The van der Waals surface area contributed by atoms with E-state index in [2.05, 4.69) is 48.8 Å². The van der Waals surface area contributed by atoms with Crippen LogP contribution >= 0.6 is 11.3 Å². The number of anilines is 1. The van der Waals surface area contributed by atoms with Crippen LogP contribution in [0.1, 0.15) is 30.2 Å². The molecule has 0 bridgehead atoms. The van der Waals surface area contributed by atoms with Crippen molar-refractivity contribution in [3.8, 4) is 11.1 Å². The summed E-state index contributed by atoms with van der Waals surface area (Å²) < 4.78 is 0. The summed E-state index contributed by atoms with van der Waals surface area (Å²) in [4.78, 5) is 13.3. The third-order valence-corrected chi connectivity index (χ3v) is 4.86. The predicted octanol–water partition coefficient (Wildman–Crippen LogP) is 6.19. The number of hydrogen-bond acceptors (Lipinski definition) is 2. The lowest BCUT2D eigenvalue weighted by Gasteiger charge is -2.12. The Kier molecular flexibility index (Phi) is 5.46. The molecule has 0 saturated carbocycles. The molecular formula is C22H21NOS. The Morgan fingerprint density at radius 1 is 1.00 bits per heavy atom. The van der Waals surface area contributed by atoms with Gasteiger partial charge in [-0.2, -0.15) is 0 Å².